The number of hydrogen-bond acceptors (Lipinski definition) is 4. The van der Waals surface area contributed by atoms with Gasteiger partial charge < -0.3 is 0 Å². The van der Waals surface area contributed by atoms with Crippen molar-refractivity contribution in [2.75, 3.05) is 0 Å². The van der Waals surface area contributed by atoms with Gasteiger partial charge in [-0.25, -0.2) is 19.3 Å². The predicted molar refractivity (Wildman–Crippen MR) is 54.3 cm³/mol. The molecule has 21 heavy (non-hydrogen) atoms. The Balaban J connectivity index is 2.38. The molecule has 0 atom stereocenters. The molecule has 0 aromatic carbocycles. The van der Waals surface area contributed by atoms with E-state index < -0.39 is 29.2 Å². The Kier molecular flexibility index (Phi) is 2.47. The molecule has 0 saturated carbocycles. The molecule has 1 aliphatic rings. The van der Waals surface area contributed by atoms with E-state index >= 15 is 0 Å². The fraction of sp³-hybridized carbons (Fsp3) is 0.333. The highest BCUT2D eigenvalue weighted by Gasteiger charge is 2.82. The molecule has 0 amide bonds. The average molecular weight is 310 g/mol. The topological polar surface area (TPSA) is 61.4 Å². The van der Waals surface area contributed by atoms with Crippen LogP contribution in [0.5, 0.6) is 0 Å². The van der Waals surface area contributed by atoms with Gasteiger partial charge in [-0.3, -0.25) is 0 Å². The van der Waals surface area contributed by atoms with Crippen molar-refractivity contribution in [3.8, 4) is 0 Å². The molecule has 0 radical (unpaired) electrons. The highest BCUT2D eigenvalue weighted by Crippen LogP contribution is 2.61. The first kappa shape index (κ1) is 13.6. The molecule has 1 aliphatic carbocycles. The average Bonchev–Trinajstić information content (AvgIpc) is 3.08. The number of rotatable bonds is 2. The van der Waals surface area contributed by atoms with Gasteiger partial charge in [0.05, 0.1) is 0 Å². The Labute approximate surface area is 111 Å². The Morgan fingerprint density at radius 2 is 1.10 bits per heavy atom. The fourth-order valence-corrected chi connectivity index (χ4v) is 1.94. The lowest BCUT2D eigenvalue weighted by Gasteiger charge is -2.24. The molecule has 2 aromatic heterocycles. The van der Waals surface area contributed by atoms with Gasteiger partial charge in [-0.2, -0.15) is 36.5 Å². The Hall–Kier alpha value is -2.40. The lowest BCUT2D eigenvalue weighted by atomic mass is 10.1. The van der Waals surface area contributed by atoms with E-state index in [2.05, 4.69) is 20.2 Å². The van der Waals surface area contributed by atoms with Gasteiger partial charge in [0.1, 0.15) is 36.7 Å². The zero-order valence-electron chi connectivity index (χ0n) is 9.76. The van der Waals surface area contributed by atoms with E-state index in [4.69, 9.17) is 0 Å². The summed E-state index contributed by atoms with van der Waals surface area (Å²) in [6.07, 6.45) is 2.71. The van der Waals surface area contributed by atoms with Crippen LogP contribution < -0.4 is 0 Å². The summed E-state index contributed by atoms with van der Waals surface area (Å²) in [6.45, 7) is 0. The van der Waals surface area contributed by atoms with Gasteiger partial charge in [-0.15, -0.1) is 0 Å². The van der Waals surface area contributed by atoms with Crippen LogP contribution in [0.2, 0.25) is 0 Å². The van der Waals surface area contributed by atoms with Crippen LogP contribution in [-0.4, -0.2) is 47.3 Å². The van der Waals surface area contributed by atoms with E-state index in [0.717, 1.165) is 12.7 Å². The molecule has 0 unspecified atom stereocenters. The highest BCUT2D eigenvalue weighted by atomic mass is 19.3. The summed E-state index contributed by atoms with van der Waals surface area (Å²) in [5.74, 6) is -16.0. The summed E-state index contributed by atoms with van der Waals surface area (Å²) in [7, 11) is 0. The molecule has 0 bridgehead atoms. The molecule has 2 aromatic rings. The number of hydrogen-bond donors (Lipinski definition) is 0. The van der Waals surface area contributed by atoms with Gasteiger partial charge in [-0.1, -0.05) is 0 Å². The SMILES string of the molecule is FC1(F)C(n2cncn2)=C(n2cncn2)C(F)(F)C1(F)F. The normalized spacial score (nSPS) is 22.8. The van der Waals surface area contributed by atoms with Crippen molar-refractivity contribution in [3.05, 3.63) is 25.3 Å². The minimum atomic E-state index is -5.65. The lowest BCUT2D eigenvalue weighted by Crippen LogP contribution is -2.49. The molecular weight excluding hydrogens is 306 g/mol. The summed E-state index contributed by atoms with van der Waals surface area (Å²) < 4.78 is 82.8. The first-order valence-corrected chi connectivity index (χ1v) is 5.30. The summed E-state index contributed by atoms with van der Waals surface area (Å²) in [4.78, 5) is 6.59. The van der Waals surface area contributed by atoms with Crippen LogP contribution in [0.25, 0.3) is 11.4 Å². The Morgan fingerprint density at radius 3 is 1.38 bits per heavy atom. The second-order valence-electron chi connectivity index (χ2n) is 4.10. The third kappa shape index (κ3) is 1.49. The molecule has 0 aliphatic heterocycles. The molecular formula is C9H4F6N6. The van der Waals surface area contributed by atoms with Crippen LogP contribution in [0, 0.1) is 0 Å². The van der Waals surface area contributed by atoms with Gasteiger partial charge in [0.15, 0.2) is 0 Å². The molecule has 6 nitrogen and oxygen atoms in total. The van der Waals surface area contributed by atoms with Crippen molar-refractivity contribution >= 4 is 11.4 Å². The maximum Gasteiger partial charge on any atom is 0.384 e. The Morgan fingerprint density at radius 1 is 0.714 bits per heavy atom. The van der Waals surface area contributed by atoms with Crippen LogP contribution >= 0.6 is 0 Å². The van der Waals surface area contributed by atoms with Gasteiger partial charge >= 0.3 is 17.8 Å². The number of allylic oxidation sites excluding steroid dienone is 2. The third-order valence-electron chi connectivity index (χ3n) is 2.90. The zero-order valence-corrected chi connectivity index (χ0v) is 9.76. The molecule has 3 rings (SSSR count). The summed E-state index contributed by atoms with van der Waals surface area (Å²) in [5, 5.41) is 6.45. The molecule has 0 saturated heterocycles. The van der Waals surface area contributed by atoms with Crippen LogP contribution in [0.3, 0.4) is 0 Å². The van der Waals surface area contributed by atoms with Crippen LogP contribution in [-0.2, 0) is 0 Å². The van der Waals surface area contributed by atoms with Crippen molar-refractivity contribution in [3.63, 3.8) is 0 Å². The van der Waals surface area contributed by atoms with Crippen LogP contribution in [0.1, 0.15) is 0 Å². The van der Waals surface area contributed by atoms with E-state index in [-0.39, 0.29) is 9.36 Å². The van der Waals surface area contributed by atoms with E-state index in [9.17, 15) is 26.3 Å². The van der Waals surface area contributed by atoms with E-state index in [1.165, 1.54) is 0 Å². The molecule has 0 N–H and O–H groups in total. The molecule has 0 fully saturated rings. The van der Waals surface area contributed by atoms with Gasteiger partial charge in [0.25, 0.3) is 0 Å². The minimum Gasteiger partial charge on any atom is -0.223 e. The van der Waals surface area contributed by atoms with Crippen molar-refractivity contribution in [2.45, 2.75) is 17.8 Å². The first-order chi connectivity index (χ1) is 9.71. The second-order valence-corrected chi connectivity index (χ2v) is 4.10. The maximum absolute atomic E-state index is 13.8. The van der Waals surface area contributed by atoms with Crippen molar-refractivity contribution in [2.24, 2.45) is 0 Å². The summed E-state index contributed by atoms with van der Waals surface area (Å²) in [5.41, 5.74) is -3.42. The highest BCUT2D eigenvalue weighted by molar-refractivity contribution is 5.85. The second kappa shape index (κ2) is 3.83. The van der Waals surface area contributed by atoms with Crippen LogP contribution in [0.15, 0.2) is 25.3 Å². The summed E-state index contributed by atoms with van der Waals surface area (Å²) in [6, 6.07) is 0. The Bertz CT molecular complexity index is 630. The zero-order chi connectivity index (χ0) is 15.5. The molecule has 112 valence electrons. The molecule has 12 heteroatoms. The minimum absolute atomic E-state index is 0.159. The lowest BCUT2D eigenvalue weighted by molar-refractivity contribution is -0.256. The maximum atomic E-state index is 13.8. The number of nitrogens with zero attached hydrogens (tertiary/aromatic N) is 6. The number of alkyl halides is 6. The largest absolute Gasteiger partial charge is 0.384 e. The van der Waals surface area contributed by atoms with E-state index in [1.807, 2.05) is 0 Å². The first-order valence-electron chi connectivity index (χ1n) is 5.30. The predicted octanol–water partition coefficient (Wildman–Crippen LogP) is 1.61. The van der Waals surface area contributed by atoms with Crippen molar-refractivity contribution in [1.29, 1.82) is 0 Å². The quantitative estimate of drug-likeness (QED) is 0.791. The monoisotopic (exact) mass is 310 g/mol. The van der Waals surface area contributed by atoms with Gasteiger partial charge in [-0.05, 0) is 0 Å². The standard InChI is InChI=1S/C9H4F6N6/c10-7(11)5(20-3-16-1-18-20)6(21-4-17-2-19-21)8(12,13)9(7,14)15/h1-4H. The smallest absolute Gasteiger partial charge is 0.223 e. The van der Waals surface area contributed by atoms with Crippen molar-refractivity contribution < 1.29 is 26.3 Å². The number of halogens is 6. The van der Waals surface area contributed by atoms with Crippen molar-refractivity contribution in [1.82, 2.24) is 29.5 Å². The number of aromatic nitrogens is 6. The van der Waals surface area contributed by atoms with Gasteiger partial charge in [0, 0.05) is 0 Å². The molecule has 2 heterocycles. The van der Waals surface area contributed by atoms with Gasteiger partial charge in [0.2, 0.25) is 0 Å². The fourth-order valence-electron chi connectivity index (χ4n) is 1.94. The van der Waals surface area contributed by atoms with E-state index in [0.29, 0.717) is 12.7 Å². The molecule has 0 spiro atoms. The third-order valence-corrected chi connectivity index (χ3v) is 2.90. The van der Waals surface area contributed by atoms with Crippen LogP contribution in [0.4, 0.5) is 26.3 Å². The summed E-state index contributed by atoms with van der Waals surface area (Å²) >= 11 is 0. The van der Waals surface area contributed by atoms with E-state index in [1.54, 1.807) is 0 Å².